The second-order valence-corrected chi connectivity index (χ2v) is 7.09. The summed E-state index contributed by atoms with van der Waals surface area (Å²) in [5.41, 5.74) is 8.07. The Morgan fingerprint density at radius 1 is 0.778 bits per heavy atom. The molecule has 136 valence electrons. The molecule has 4 rings (SSSR count). The normalized spacial score (nSPS) is 23.9. The molecule has 3 heteroatoms. The van der Waals surface area contributed by atoms with Gasteiger partial charge in [0.2, 0.25) is 0 Å². The lowest BCUT2D eigenvalue weighted by atomic mass is 9.81. The van der Waals surface area contributed by atoms with Crippen molar-refractivity contribution in [2.24, 2.45) is 11.0 Å². The van der Waals surface area contributed by atoms with E-state index in [1.165, 1.54) is 16.8 Å². The summed E-state index contributed by atoms with van der Waals surface area (Å²) < 4.78 is 0. The molecule has 0 aromatic heterocycles. The third kappa shape index (κ3) is 4.09. The van der Waals surface area contributed by atoms with Crippen LogP contribution in [0.5, 0.6) is 0 Å². The molecular formula is C24H25N3. The van der Waals surface area contributed by atoms with E-state index in [1.807, 2.05) is 30.3 Å². The van der Waals surface area contributed by atoms with E-state index in [1.54, 1.807) is 0 Å². The van der Waals surface area contributed by atoms with Gasteiger partial charge in [-0.2, -0.15) is 5.10 Å². The minimum absolute atomic E-state index is 0.237. The van der Waals surface area contributed by atoms with Gasteiger partial charge in [0.15, 0.2) is 0 Å². The van der Waals surface area contributed by atoms with Gasteiger partial charge in [0.25, 0.3) is 0 Å². The second kappa shape index (κ2) is 8.19. The molecule has 1 heterocycles. The Labute approximate surface area is 161 Å². The highest BCUT2D eigenvalue weighted by Crippen LogP contribution is 2.35. The van der Waals surface area contributed by atoms with Gasteiger partial charge in [-0.15, -0.1) is 0 Å². The highest BCUT2D eigenvalue weighted by atomic mass is 15.3. The van der Waals surface area contributed by atoms with Gasteiger partial charge in [0.1, 0.15) is 0 Å². The maximum Gasteiger partial charge on any atom is 0.0561 e. The molecule has 2 N–H and O–H groups in total. The minimum Gasteiger partial charge on any atom is -0.302 e. The van der Waals surface area contributed by atoms with Crippen LogP contribution in [0.25, 0.3) is 0 Å². The molecule has 3 nitrogen and oxygen atoms in total. The molecule has 0 saturated carbocycles. The Morgan fingerprint density at radius 3 is 1.96 bits per heavy atom. The second-order valence-electron chi connectivity index (χ2n) is 7.09. The van der Waals surface area contributed by atoms with Crippen molar-refractivity contribution >= 4 is 11.4 Å². The van der Waals surface area contributed by atoms with E-state index in [9.17, 15) is 0 Å². The molecule has 3 aromatic rings. The maximum absolute atomic E-state index is 4.81. The number of anilines is 1. The van der Waals surface area contributed by atoms with Crippen LogP contribution in [0.4, 0.5) is 5.69 Å². The van der Waals surface area contributed by atoms with Crippen molar-refractivity contribution in [2.75, 3.05) is 5.43 Å². The fourth-order valence-corrected chi connectivity index (χ4v) is 3.75. The summed E-state index contributed by atoms with van der Waals surface area (Å²) in [5, 5.41) is 8.67. The number of nitrogens with zero attached hydrogens (tertiary/aromatic N) is 1. The van der Waals surface area contributed by atoms with E-state index in [4.69, 9.17) is 5.10 Å². The predicted octanol–water partition coefficient (Wildman–Crippen LogP) is 5.57. The summed E-state index contributed by atoms with van der Waals surface area (Å²) in [7, 11) is 0. The van der Waals surface area contributed by atoms with Crippen LogP contribution in [0.2, 0.25) is 0 Å². The summed E-state index contributed by atoms with van der Waals surface area (Å²) in [5.74, 6) is 0.309. The number of para-hydroxylation sites is 1. The zero-order valence-corrected chi connectivity index (χ0v) is 15.5. The summed E-state index contributed by atoms with van der Waals surface area (Å²) in [4.78, 5) is 0. The molecule has 0 amide bonds. The van der Waals surface area contributed by atoms with Crippen molar-refractivity contribution in [3.05, 3.63) is 102 Å². The fourth-order valence-electron chi connectivity index (χ4n) is 3.75. The van der Waals surface area contributed by atoms with Crippen molar-refractivity contribution < 1.29 is 0 Å². The first-order valence-electron chi connectivity index (χ1n) is 9.55. The highest BCUT2D eigenvalue weighted by Gasteiger charge is 2.33. The summed E-state index contributed by atoms with van der Waals surface area (Å²) >= 11 is 0. The average molecular weight is 355 g/mol. The lowest BCUT2D eigenvalue weighted by Crippen LogP contribution is -2.41. The molecule has 0 aliphatic carbocycles. The molecule has 27 heavy (non-hydrogen) atoms. The smallest absolute Gasteiger partial charge is 0.0561 e. The molecule has 0 spiro atoms. The standard InChI is InChI=1S/C24H25N3/c1-18-22(27-26-21-15-9-4-10-16-21)17-23(19-11-5-2-6-12-19)25-24(18)20-13-7-3-8-14-20/h2-16,18,23-26H,17H2,1H3/b27-22+/t18-,23+,24-/m1/s1. The lowest BCUT2D eigenvalue weighted by molar-refractivity contribution is 0.364. The number of hydrogen-bond acceptors (Lipinski definition) is 3. The Kier molecular flexibility index (Phi) is 5.31. The van der Waals surface area contributed by atoms with Crippen molar-refractivity contribution in [1.29, 1.82) is 0 Å². The van der Waals surface area contributed by atoms with Gasteiger partial charge in [-0.3, -0.25) is 5.43 Å². The SMILES string of the molecule is C[C@@H]1/C(=N/Nc2ccccc2)C[C@@H](c2ccccc2)N[C@H]1c1ccccc1. The molecule has 0 bridgehead atoms. The number of benzene rings is 3. The summed E-state index contributed by atoms with van der Waals surface area (Å²) in [6.45, 7) is 2.26. The molecule has 0 radical (unpaired) electrons. The van der Waals surface area contributed by atoms with Crippen molar-refractivity contribution in [3.63, 3.8) is 0 Å². The van der Waals surface area contributed by atoms with E-state index < -0.39 is 0 Å². The van der Waals surface area contributed by atoms with Crippen LogP contribution in [-0.4, -0.2) is 5.71 Å². The first-order chi connectivity index (χ1) is 13.3. The van der Waals surface area contributed by atoms with Crippen LogP contribution >= 0.6 is 0 Å². The van der Waals surface area contributed by atoms with E-state index in [2.05, 4.69) is 78.3 Å². The molecule has 3 aromatic carbocycles. The van der Waals surface area contributed by atoms with Gasteiger partial charge in [0.05, 0.1) is 5.69 Å². The lowest BCUT2D eigenvalue weighted by Gasteiger charge is -2.37. The van der Waals surface area contributed by atoms with E-state index >= 15 is 0 Å². The van der Waals surface area contributed by atoms with E-state index in [0.717, 1.165) is 12.1 Å². The Hall–Kier alpha value is -2.91. The number of hydrogen-bond donors (Lipinski definition) is 2. The third-order valence-electron chi connectivity index (χ3n) is 5.28. The predicted molar refractivity (Wildman–Crippen MR) is 113 cm³/mol. The van der Waals surface area contributed by atoms with E-state index in [0.29, 0.717) is 5.92 Å². The zero-order valence-electron chi connectivity index (χ0n) is 15.5. The van der Waals surface area contributed by atoms with Gasteiger partial charge >= 0.3 is 0 Å². The van der Waals surface area contributed by atoms with Gasteiger partial charge in [-0.25, -0.2) is 0 Å². The summed E-state index contributed by atoms with van der Waals surface area (Å²) in [6.07, 6.45) is 0.897. The number of rotatable bonds is 4. The van der Waals surface area contributed by atoms with Crippen LogP contribution < -0.4 is 10.7 Å². The van der Waals surface area contributed by atoms with Crippen LogP contribution in [-0.2, 0) is 0 Å². The van der Waals surface area contributed by atoms with Crippen LogP contribution in [0.3, 0.4) is 0 Å². The molecule has 1 aliphatic heterocycles. The number of piperidine rings is 1. The summed E-state index contributed by atoms with van der Waals surface area (Å²) in [6, 6.07) is 32.0. The first-order valence-corrected chi connectivity index (χ1v) is 9.55. The number of hydrazone groups is 1. The quantitative estimate of drug-likeness (QED) is 0.601. The monoisotopic (exact) mass is 355 g/mol. The molecule has 0 unspecified atom stereocenters. The Morgan fingerprint density at radius 2 is 1.33 bits per heavy atom. The Bertz CT molecular complexity index is 875. The van der Waals surface area contributed by atoms with E-state index in [-0.39, 0.29) is 12.1 Å². The van der Waals surface area contributed by atoms with Crippen molar-refractivity contribution in [2.45, 2.75) is 25.4 Å². The molecule has 1 fully saturated rings. The Balaban J connectivity index is 1.64. The fraction of sp³-hybridized carbons (Fsp3) is 0.208. The maximum atomic E-state index is 4.81. The molecule has 1 aliphatic rings. The van der Waals surface area contributed by atoms with Gasteiger partial charge < -0.3 is 5.32 Å². The van der Waals surface area contributed by atoms with Crippen molar-refractivity contribution in [3.8, 4) is 0 Å². The first kappa shape index (κ1) is 17.5. The highest BCUT2D eigenvalue weighted by molar-refractivity contribution is 5.89. The van der Waals surface area contributed by atoms with Crippen LogP contribution in [0.15, 0.2) is 96.1 Å². The average Bonchev–Trinajstić information content (AvgIpc) is 2.75. The largest absolute Gasteiger partial charge is 0.302 e. The molecule has 3 atom stereocenters. The molecular weight excluding hydrogens is 330 g/mol. The zero-order chi connectivity index (χ0) is 18.5. The minimum atomic E-state index is 0.237. The number of nitrogens with one attached hydrogen (secondary N) is 2. The van der Waals surface area contributed by atoms with Gasteiger partial charge in [0, 0.05) is 30.1 Å². The van der Waals surface area contributed by atoms with Gasteiger partial charge in [-0.05, 0) is 23.3 Å². The topological polar surface area (TPSA) is 36.4 Å². The third-order valence-corrected chi connectivity index (χ3v) is 5.28. The van der Waals surface area contributed by atoms with Crippen molar-refractivity contribution in [1.82, 2.24) is 5.32 Å². The van der Waals surface area contributed by atoms with Crippen LogP contribution in [0, 0.1) is 5.92 Å². The van der Waals surface area contributed by atoms with Crippen LogP contribution in [0.1, 0.15) is 36.6 Å². The van der Waals surface area contributed by atoms with Gasteiger partial charge in [-0.1, -0.05) is 85.8 Å². The molecule has 1 saturated heterocycles.